The fourth-order valence-corrected chi connectivity index (χ4v) is 7.10. The van der Waals surface area contributed by atoms with E-state index in [4.69, 9.17) is 14.9 Å². The molecular formula is C51H90N2O7. The van der Waals surface area contributed by atoms with Crippen molar-refractivity contribution in [1.29, 1.82) is 0 Å². The molecule has 9 heteroatoms. The molecule has 0 radical (unpaired) electrons. The number of carboxylic acid groups (broad SMARTS) is 1. The molecule has 0 fully saturated rings. The van der Waals surface area contributed by atoms with Crippen LogP contribution in [-0.2, 0) is 23.9 Å². The molecule has 0 saturated heterocycles. The first-order valence-corrected chi connectivity index (χ1v) is 24.5. The summed E-state index contributed by atoms with van der Waals surface area (Å²) in [6, 6.07) is -1.40. The van der Waals surface area contributed by atoms with Gasteiger partial charge in [0.2, 0.25) is 11.8 Å². The maximum absolute atomic E-state index is 12.8. The summed E-state index contributed by atoms with van der Waals surface area (Å²) in [5.41, 5.74) is 0. The summed E-state index contributed by atoms with van der Waals surface area (Å²) in [5, 5.41) is 22.6. The number of carbonyl (C=O) groups excluding carboxylic acids is 3. The van der Waals surface area contributed by atoms with Crippen LogP contribution in [0.3, 0.4) is 0 Å². The number of hydrogen-bond acceptors (Lipinski definition) is 6. The first kappa shape index (κ1) is 56.8. The topological polar surface area (TPSA) is 142 Å². The van der Waals surface area contributed by atoms with E-state index >= 15 is 0 Å². The summed E-state index contributed by atoms with van der Waals surface area (Å²) in [5.74, 6) is -2.49. The monoisotopic (exact) mass is 843 g/mol. The van der Waals surface area contributed by atoms with Crippen LogP contribution in [0, 0.1) is 0 Å². The highest BCUT2D eigenvalue weighted by Gasteiger charge is 2.19. The fourth-order valence-electron chi connectivity index (χ4n) is 7.10. The number of unbranched alkanes of at least 4 members (excludes halogenated alkanes) is 24. The number of ether oxygens (including phenoxy) is 1. The van der Waals surface area contributed by atoms with Gasteiger partial charge in [-0.3, -0.25) is 14.4 Å². The molecule has 0 aliphatic heterocycles. The van der Waals surface area contributed by atoms with Crippen LogP contribution in [0.4, 0.5) is 0 Å². The Labute approximate surface area is 367 Å². The van der Waals surface area contributed by atoms with E-state index in [2.05, 4.69) is 60.9 Å². The summed E-state index contributed by atoms with van der Waals surface area (Å²) in [6.07, 6.45) is 54.6. The Morgan fingerprint density at radius 3 is 1.38 bits per heavy atom. The van der Waals surface area contributed by atoms with Gasteiger partial charge in [-0.25, -0.2) is 4.79 Å². The number of carbonyl (C=O) groups is 4. The van der Waals surface area contributed by atoms with Gasteiger partial charge in [0.15, 0.2) is 0 Å². The lowest BCUT2D eigenvalue weighted by atomic mass is 10.0. The second kappa shape index (κ2) is 45.3. The van der Waals surface area contributed by atoms with Crippen molar-refractivity contribution in [3.63, 3.8) is 0 Å². The molecule has 0 rings (SSSR count). The molecule has 0 aliphatic carbocycles. The summed E-state index contributed by atoms with van der Waals surface area (Å²) in [7, 11) is 0. The van der Waals surface area contributed by atoms with Crippen molar-refractivity contribution < 1.29 is 34.1 Å². The first-order chi connectivity index (χ1) is 29.3. The third-order valence-corrected chi connectivity index (χ3v) is 10.8. The molecule has 0 aliphatic rings. The summed E-state index contributed by atoms with van der Waals surface area (Å²) in [4.78, 5) is 47.8. The Morgan fingerprint density at radius 2 is 0.933 bits per heavy atom. The van der Waals surface area contributed by atoms with Crippen LogP contribution in [-0.4, -0.2) is 59.3 Å². The van der Waals surface area contributed by atoms with Crippen LogP contribution in [0.5, 0.6) is 0 Å². The predicted molar refractivity (Wildman–Crippen MR) is 250 cm³/mol. The Balaban J connectivity index is 4.22. The van der Waals surface area contributed by atoms with Crippen molar-refractivity contribution in [2.24, 2.45) is 0 Å². The van der Waals surface area contributed by atoms with E-state index in [0.717, 1.165) is 57.8 Å². The Bertz CT molecular complexity index is 1150. The van der Waals surface area contributed by atoms with E-state index in [9.17, 15) is 19.2 Å². The van der Waals surface area contributed by atoms with Crippen LogP contribution in [0.15, 0.2) is 48.6 Å². The van der Waals surface area contributed by atoms with Crippen molar-refractivity contribution >= 4 is 23.8 Å². The highest BCUT2D eigenvalue weighted by Crippen LogP contribution is 2.17. The van der Waals surface area contributed by atoms with E-state index in [0.29, 0.717) is 19.3 Å². The number of hydrogen-bond donors (Lipinski definition) is 4. The third-order valence-electron chi connectivity index (χ3n) is 10.8. The minimum Gasteiger partial charge on any atom is -0.480 e. The van der Waals surface area contributed by atoms with Gasteiger partial charge in [0.25, 0.3) is 0 Å². The average Bonchev–Trinajstić information content (AvgIpc) is 3.23. The Hall–Kier alpha value is -3.20. The molecule has 60 heavy (non-hydrogen) atoms. The number of aliphatic carboxylic acids is 1. The van der Waals surface area contributed by atoms with Crippen LogP contribution >= 0.6 is 0 Å². The lowest BCUT2D eigenvalue weighted by Crippen LogP contribution is -2.47. The largest absolute Gasteiger partial charge is 0.480 e. The molecule has 9 nitrogen and oxygen atoms in total. The van der Waals surface area contributed by atoms with Crippen molar-refractivity contribution in [2.75, 3.05) is 13.2 Å². The van der Waals surface area contributed by atoms with Crippen LogP contribution in [0.1, 0.15) is 226 Å². The van der Waals surface area contributed by atoms with Crippen molar-refractivity contribution in [1.82, 2.24) is 10.6 Å². The second-order valence-electron chi connectivity index (χ2n) is 16.5. The van der Waals surface area contributed by atoms with E-state index in [-0.39, 0.29) is 30.9 Å². The van der Waals surface area contributed by atoms with Gasteiger partial charge in [-0.05, 0) is 57.4 Å². The van der Waals surface area contributed by atoms with E-state index in [1.54, 1.807) is 0 Å². The smallest absolute Gasteiger partial charge is 0.328 e. The average molecular weight is 843 g/mol. The number of carboxylic acids is 1. The van der Waals surface area contributed by atoms with Crippen molar-refractivity contribution in [3.8, 4) is 0 Å². The quantitative estimate of drug-likeness (QED) is 0.0272. The van der Waals surface area contributed by atoms with Crippen molar-refractivity contribution in [2.45, 2.75) is 238 Å². The van der Waals surface area contributed by atoms with Crippen LogP contribution < -0.4 is 10.6 Å². The zero-order chi connectivity index (χ0) is 44.0. The van der Waals surface area contributed by atoms with E-state index in [1.165, 1.54) is 128 Å². The number of allylic oxidation sites excluding steroid dienone is 7. The number of aliphatic hydroxyl groups excluding tert-OH is 1. The van der Waals surface area contributed by atoms with Crippen LogP contribution in [0.25, 0.3) is 0 Å². The standard InChI is InChI=1S/C51H90N2O7/c1-3-5-7-9-11-13-15-16-17-18-19-20-21-22-23-24-25-26-28-30-32-34-39-43-50(57)60-46(40-36-33-31-29-27-14-12-10-8-6-4-2)41-37-35-38-42-48(55)52-44-49(56)53-47(45-54)51(58)59/h6,8,12,14,29,31,36,40,46-47,54H,3-5,7,9-11,13,15-28,30,32-35,37-39,41-45H2,1-2H3,(H,52,55)(H,53,56)(H,58,59)/b8-6-,14-12-,31-29-,40-36-. The summed E-state index contributed by atoms with van der Waals surface area (Å²) < 4.78 is 5.89. The molecule has 346 valence electrons. The minimum absolute atomic E-state index is 0.157. The fraction of sp³-hybridized carbons (Fsp3) is 0.765. The summed E-state index contributed by atoms with van der Waals surface area (Å²) >= 11 is 0. The van der Waals surface area contributed by atoms with E-state index in [1.807, 2.05) is 12.2 Å². The zero-order valence-electron chi connectivity index (χ0n) is 38.5. The molecule has 0 heterocycles. The Kier molecular flexibility index (Phi) is 42.9. The predicted octanol–water partition coefficient (Wildman–Crippen LogP) is 12.7. The van der Waals surface area contributed by atoms with E-state index < -0.39 is 24.5 Å². The molecule has 0 aromatic rings. The molecule has 0 spiro atoms. The SMILES string of the molecule is CC/C=C\C/C=C\C/C=C\C/C=C\C(CCCCCC(=O)NCC(=O)NC(CO)C(=O)O)OC(=O)CCCCCCCCCCCCCCCCCCCCCCCCC. The molecule has 0 aromatic carbocycles. The molecule has 0 saturated carbocycles. The van der Waals surface area contributed by atoms with Gasteiger partial charge in [-0.2, -0.15) is 0 Å². The molecule has 0 bridgehead atoms. The molecule has 4 N–H and O–H groups in total. The number of amides is 2. The molecule has 2 unspecified atom stereocenters. The maximum atomic E-state index is 12.8. The highest BCUT2D eigenvalue weighted by atomic mass is 16.5. The van der Waals surface area contributed by atoms with Gasteiger partial charge in [-0.1, -0.05) is 204 Å². The molecule has 2 atom stereocenters. The normalized spacial score (nSPS) is 12.8. The molecule has 0 aromatic heterocycles. The minimum atomic E-state index is -1.40. The van der Waals surface area contributed by atoms with Crippen LogP contribution in [0.2, 0.25) is 0 Å². The second-order valence-corrected chi connectivity index (χ2v) is 16.5. The van der Waals surface area contributed by atoms with Gasteiger partial charge in [0.1, 0.15) is 12.1 Å². The highest BCUT2D eigenvalue weighted by molar-refractivity contribution is 5.87. The number of nitrogens with one attached hydrogen (secondary N) is 2. The van der Waals surface area contributed by atoms with Gasteiger partial charge >= 0.3 is 11.9 Å². The Morgan fingerprint density at radius 1 is 0.517 bits per heavy atom. The number of aliphatic hydroxyl groups is 1. The molecular weight excluding hydrogens is 753 g/mol. The van der Waals surface area contributed by atoms with Gasteiger partial charge in [-0.15, -0.1) is 0 Å². The van der Waals surface area contributed by atoms with Crippen molar-refractivity contribution in [3.05, 3.63) is 48.6 Å². The van der Waals surface area contributed by atoms with Gasteiger partial charge in [0, 0.05) is 12.8 Å². The maximum Gasteiger partial charge on any atom is 0.328 e. The summed E-state index contributed by atoms with van der Waals surface area (Å²) in [6.45, 7) is 3.33. The zero-order valence-corrected chi connectivity index (χ0v) is 38.5. The van der Waals surface area contributed by atoms with Gasteiger partial charge in [0.05, 0.1) is 13.2 Å². The first-order valence-electron chi connectivity index (χ1n) is 24.5. The third kappa shape index (κ3) is 41.5. The number of rotatable bonds is 44. The van der Waals surface area contributed by atoms with Gasteiger partial charge < -0.3 is 25.6 Å². The lowest BCUT2D eigenvalue weighted by Gasteiger charge is -2.15. The number of esters is 1. The molecule has 2 amide bonds. The lowest BCUT2D eigenvalue weighted by molar-refractivity contribution is -0.147.